The van der Waals surface area contributed by atoms with Crippen LogP contribution >= 0.6 is 27.3 Å². The van der Waals surface area contributed by atoms with Gasteiger partial charge in [0, 0.05) is 21.9 Å². The summed E-state index contributed by atoms with van der Waals surface area (Å²) >= 11 is 5.31. The molecule has 2 aromatic rings. The van der Waals surface area contributed by atoms with Gasteiger partial charge in [-0.15, -0.1) is 11.3 Å². The van der Waals surface area contributed by atoms with E-state index < -0.39 is 0 Å². The van der Waals surface area contributed by atoms with Gasteiger partial charge in [-0.1, -0.05) is 12.1 Å². The van der Waals surface area contributed by atoms with E-state index in [1.165, 1.54) is 14.9 Å². The summed E-state index contributed by atoms with van der Waals surface area (Å²) in [7, 11) is 1.69. The molecule has 1 N–H and O–H groups in total. The van der Waals surface area contributed by atoms with Gasteiger partial charge < -0.3 is 10.1 Å². The third-order valence-electron chi connectivity index (χ3n) is 2.88. The summed E-state index contributed by atoms with van der Waals surface area (Å²) in [5.74, 6) is 0.895. The molecule has 0 saturated heterocycles. The molecule has 18 heavy (non-hydrogen) atoms. The van der Waals surface area contributed by atoms with Crippen LogP contribution in [0.25, 0.3) is 0 Å². The summed E-state index contributed by atoms with van der Waals surface area (Å²) in [4.78, 5) is 1.33. The molecule has 0 aliphatic carbocycles. The Bertz CT molecular complexity index is 495. The van der Waals surface area contributed by atoms with Crippen LogP contribution in [0.1, 0.15) is 23.4 Å². The summed E-state index contributed by atoms with van der Waals surface area (Å²) < 4.78 is 6.34. The zero-order valence-electron chi connectivity index (χ0n) is 10.4. The fourth-order valence-electron chi connectivity index (χ4n) is 1.71. The Hall–Kier alpha value is -0.840. The highest BCUT2D eigenvalue weighted by Crippen LogP contribution is 2.24. The minimum Gasteiger partial charge on any atom is -0.497 e. The number of rotatable bonds is 5. The van der Waals surface area contributed by atoms with Gasteiger partial charge in [-0.2, -0.15) is 0 Å². The molecule has 1 atom stereocenters. The number of ether oxygens (including phenoxy) is 1. The fourth-order valence-corrected chi connectivity index (χ4v) is 3.15. The molecule has 0 unspecified atom stereocenters. The van der Waals surface area contributed by atoms with Gasteiger partial charge in [0.15, 0.2) is 0 Å². The molecule has 0 aliphatic rings. The molecule has 2 nitrogen and oxygen atoms in total. The average molecular weight is 326 g/mol. The molecule has 0 saturated carbocycles. The van der Waals surface area contributed by atoms with Crippen molar-refractivity contribution in [3.05, 3.63) is 50.6 Å². The second-order valence-corrected chi connectivity index (χ2v) is 5.92. The van der Waals surface area contributed by atoms with Gasteiger partial charge in [0.2, 0.25) is 0 Å². The lowest BCUT2D eigenvalue weighted by molar-refractivity contribution is 0.414. The van der Waals surface area contributed by atoms with Gasteiger partial charge in [0.05, 0.1) is 7.11 Å². The van der Waals surface area contributed by atoms with Crippen LogP contribution in [-0.4, -0.2) is 7.11 Å². The van der Waals surface area contributed by atoms with Gasteiger partial charge in [0.1, 0.15) is 5.75 Å². The van der Waals surface area contributed by atoms with Crippen molar-refractivity contribution in [1.82, 2.24) is 5.32 Å². The predicted octanol–water partition coefficient (Wildman–Crippen LogP) is 4.37. The van der Waals surface area contributed by atoms with Crippen LogP contribution in [0.3, 0.4) is 0 Å². The molecule has 2 rings (SSSR count). The monoisotopic (exact) mass is 325 g/mol. The minimum absolute atomic E-state index is 0.324. The summed E-state index contributed by atoms with van der Waals surface area (Å²) in [6.07, 6.45) is 0. The highest BCUT2D eigenvalue weighted by Gasteiger charge is 2.07. The first-order valence-corrected chi connectivity index (χ1v) is 7.47. The summed E-state index contributed by atoms with van der Waals surface area (Å²) in [5, 5.41) is 5.62. The first kappa shape index (κ1) is 13.6. The molecule has 0 fully saturated rings. The lowest BCUT2D eigenvalue weighted by Gasteiger charge is -2.14. The zero-order chi connectivity index (χ0) is 13.0. The van der Waals surface area contributed by atoms with Gasteiger partial charge in [-0.05, 0) is 52.0 Å². The van der Waals surface area contributed by atoms with Crippen LogP contribution in [0.2, 0.25) is 0 Å². The quantitative estimate of drug-likeness (QED) is 0.881. The van der Waals surface area contributed by atoms with Crippen molar-refractivity contribution in [3.8, 4) is 5.75 Å². The van der Waals surface area contributed by atoms with Gasteiger partial charge >= 0.3 is 0 Å². The second kappa shape index (κ2) is 6.36. The van der Waals surface area contributed by atoms with Crippen LogP contribution < -0.4 is 10.1 Å². The van der Waals surface area contributed by atoms with E-state index in [1.807, 2.05) is 12.1 Å². The second-order valence-electron chi connectivity index (χ2n) is 4.07. The Morgan fingerprint density at radius 2 is 2.00 bits per heavy atom. The topological polar surface area (TPSA) is 21.3 Å². The van der Waals surface area contributed by atoms with Crippen LogP contribution in [-0.2, 0) is 6.54 Å². The number of halogens is 1. The molecule has 1 aromatic carbocycles. The third kappa shape index (κ3) is 3.34. The molecular weight excluding hydrogens is 310 g/mol. The smallest absolute Gasteiger partial charge is 0.118 e. The van der Waals surface area contributed by atoms with E-state index in [9.17, 15) is 0 Å². The van der Waals surface area contributed by atoms with E-state index in [1.54, 1.807) is 18.4 Å². The average Bonchev–Trinajstić information content (AvgIpc) is 2.81. The SMILES string of the molecule is COc1ccc([C@H](C)NCc2sccc2Br)cc1. The van der Waals surface area contributed by atoms with Crippen LogP contribution in [0, 0.1) is 0 Å². The number of methoxy groups -OCH3 is 1. The van der Waals surface area contributed by atoms with Gasteiger partial charge in [-0.3, -0.25) is 0 Å². The molecule has 0 amide bonds. The van der Waals surface area contributed by atoms with E-state index in [0.717, 1.165) is 12.3 Å². The minimum atomic E-state index is 0.324. The maximum absolute atomic E-state index is 5.16. The van der Waals surface area contributed by atoms with Crippen molar-refractivity contribution in [1.29, 1.82) is 0 Å². The molecular formula is C14H16BrNOS. The Morgan fingerprint density at radius 3 is 2.56 bits per heavy atom. The molecule has 1 heterocycles. The Labute approximate surface area is 120 Å². The maximum atomic E-state index is 5.16. The summed E-state index contributed by atoms with van der Waals surface area (Å²) in [6.45, 7) is 3.05. The molecule has 1 aromatic heterocycles. The predicted molar refractivity (Wildman–Crippen MR) is 80.3 cm³/mol. The Morgan fingerprint density at radius 1 is 1.28 bits per heavy atom. The molecule has 4 heteroatoms. The van der Waals surface area contributed by atoms with E-state index >= 15 is 0 Å². The van der Waals surface area contributed by atoms with Gasteiger partial charge in [-0.25, -0.2) is 0 Å². The van der Waals surface area contributed by atoms with Gasteiger partial charge in [0.25, 0.3) is 0 Å². The molecule has 0 aliphatic heterocycles. The Balaban J connectivity index is 1.94. The molecule has 0 bridgehead atoms. The zero-order valence-corrected chi connectivity index (χ0v) is 12.8. The summed E-state index contributed by atoms with van der Waals surface area (Å²) in [6, 6.07) is 10.6. The highest BCUT2D eigenvalue weighted by molar-refractivity contribution is 9.10. The van der Waals surface area contributed by atoms with Crippen LogP contribution in [0.4, 0.5) is 0 Å². The third-order valence-corrected chi connectivity index (χ3v) is 4.80. The maximum Gasteiger partial charge on any atom is 0.118 e. The van der Waals surface area contributed by atoms with Crippen molar-refractivity contribution in [2.24, 2.45) is 0 Å². The van der Waals surface area contributed by atoms with E-state index in [0.29, 0.717) is 6.04 Å². The van der Waals surface area contributed by atoms with E-state index in [2.05, 4.69) is 51.7 Å². The molecule has 96 valence electrons. The number of nitrogens with one attached hydrogen (secondary N) is 1. The number of thiophene rings is 1. The number of benzene rings is 1. The largest absolute Gasteiger partial charge is 0.497 e. The van der Waals surface area contributed by atoms with Crippen molar-refractivity contribution in [2.45, 2.75) is 19.5 Å². The molecule has 0 radical (unpaired) electrons. The lowest BCUT2D eigenvalue weighted by Crippen LogP contribution is -2.17. The standard InChI is InChI=1S/C14H16BrNOS/c1-10(11-3-5-12(17-2)6-4-11)16-9-14-13(15)7-8-18-14/h3-8,10,16H,9H2,1-2H3/t10-/m0/s1. The lowest BCUT2D eigenvalue weighted by atomic mass is 10.1. The van der Waals surface area contributed by atoms with Crippen molar-refractivity contribution < 1.29 is 4.74 Å². The molecule has 0 spiro atoms. The van der Waals surface area contributed by atoms with E-state index in [-0.39, 0.29) is 0 Å². The summed E-state index contributed by atoms with van der Waals surface area (Å²) in [5.41, 5.74) is 1.27. The van der Waals surface area contributed by atoms with Crippen molar-refractivity contribution in [3.63, 3.8) is 0 Å². The van der Waals surface area contributed by atoms with Crippen LogP contribution in [0.15, 0.2) is 40.2 Å². The van der Waals surface area contributed by atoms with Crippen molar-refractivity contribution >= 4 is 27.3 Å². The fraction of sp³-hybridized carbons (Fsp3) is 0.286. The normalized spacial score (nSPS) is 12.4. The highest BCUT2D eigenvalue weighted by atomic mass is 79.9. The van der Waals surface area contributed by atoms with Crippen molar-refractivity contribution in [2.75, 3.05) is 7.11 Å². The van der Waals surface area contributed by atoms with Crippen LogP contribution in [0.5, 0.6) is 5.75 Å². The first-order chi connectivity index (χ1) is 8.70. The first-order valence-electron chi connectivity index (χ1n) is 5.80. The Kier molecular flexibility index (Phi) is 4.80. The van der Waals surface area contributed by atoms with E-state index in [4.69, 9.17) is 4.74 Å². The number of hydrogen-bond acceptors (Lipinski definition) is 3. The number of hydrogen-bond donors (Lipinski definition) is 1.